The number of methoxy groups -OCH3 is 1. The van der Waals surface area contributed by atoms with Crippen LogP contribution in [0.3, 0.4) is 0 Å². The van der Waals surface area contributed by atoms with Crippen molar-refractivity contribution in [1.29, 1.82) is 0 Å². The van der Waals surface area contributed by atoms with Gasteiger partial charge in [0, 0.05) is 25.6 Å². The van der Waals surface area contributed by atoms with E-state index < -0.39 is 66.6 Å². The van der Waals surface area contributed by atoms with Gasteiger partial charge in [-0.1, -0.05) is 0 Å². The molecule has 0 unspecified atom stereocenters. The fraction of sp³-hybridized carbons (Fsp3) is 0.750. The summed E-state index contributed by atoms with van der Waals surface area (Å²) in [4.78, 5) is 0. The maximum absolute atomic E-state index is 13.9. The standard InChI is InChI=1S/C12H11F9N2O2/c1-25-4(11(16,17)18)2-3-23-6-5(8(22-23)12(19,20)21)9(24)10(14,15)7(6)13/h4,7,9,24H,2-3H2,1H3/t4-,7+,9+/m1/s1. The van der Waals surface area contributed by atoms with E-state index in [-0.39, 0.29) is 4.68 Å². The molecule has 0 saturated carbocycles. The summed E-state index contributed by atoms with van der Waals surface area (Å²) in [7, 11) is 0.697. The summed E-state index contributed by atoms with van der Waals surface area (Å²) in [6.45, 7) is -0.973. The van der Waals surface area contributed by atoms with Crippen molar-refractivity contribution in [3.63, 3.8) is 0 Å². The monoisotopic (exact) mass is 386 g/mol. The van der Waals surface area contributed by atoms with E-state index in [0.717, 1.165) is 0 Å². The van der Waals surface area contributed by atoms with Gasteiger partial charge in [0.15, 0.2) is 11.8 Å². The molecule has 0 aliphatic heterocycles. The molecule has 25 heavy (non-hydrogen) atoms. The number of aryl methyl sites for hydroxylation is 1. The second kappa shape index (κ2) is 6.04. The number of fused-ring (bicyclic) bond motifs is 1. The van der Waals surface area contributed by atoms with Crippen molar-refractivity contribution in [3.8, 4) is 0 Å². The first-order chi connectivity index (χ1) is 11.2. The molecule has 0 fully saturated rings. The van der Waals surface area contributed by atoms with Gasteiger partial charge in [-0.2, -0.15) is 40.2 Å². The average Bonchev–Trinajstić information content (AvgIpc) is 2.90. The summed E-state index contributed by atoms with van der Waals surface area (Å²) >= 11 is 0. The minimum absolute atomic E-state index is 0.0741. The van der Waals surface area contributed by atoms with Gasteiger partial charge in [0.05, 0.1) is 5.69 Å². The first kappa shape index (κ1) is 19.8. The Balaban J connectivity index is 2.44. The number of aliphatic hydroxyl groups is 1. The van der Waals surface area contributed by atoms with Crippen molar-refractivity contribution in [2.45, 2.75) is 49.6 Å². The highest BCUT2D eigenvalue weighted by Gasteiger charge is 2.61. The van der Waals surface area contributed by atoms with Gasteiger partial charge in [-0.25, -0.2) is 4.39 Å². The second-order valence-electron chi connectivity index (χ2n) is 5.36. The van der Waals surface area contributed by atoms with Crippen LogP contribution in [0, 0.1) is 0 Å². The number of nitrogens with zero attached hydrogens (tertiary/aromatic N) is 2. The molecule has 144 valence electrons. The minimum atomic E-state index is -5.30. The predicted molar refractivity (Wildman–Crippen MR) is 62.5 cm³/mol. The van der Waals surface area contributed by atoms with Crippen molar-refractivity contribution < 1.29 is 49.4 Å². The van der Waals surface area contributed by atoms with E-state index in [2.05, 4.69) is 9.84 Å². The first-order valence-electron chi connectivity index (χ1n) is 6.70. The van der Waals surface area contributed by atoms with Gasteiger partial charge < -0.3 is 9.84 Å². The van der Waals surface area contributed by atoms with Crippen LogP contribution in [-0.2, 0) is 17.5 Å². The molecule has 1 heterocycles. The van der Waals surface area contributed by atoms with Crippen LogP contribution in [0.25, 0.3) is 0 Å². The number of alkyl halides is 9. The summed E-state index contributed by atoms with van der Waals surface area (Å²) < 4.78 is 122. The molecule has 3 atom stereocenters. The number of hydrogen-bond donors (Lipinski definition) is 1. The summed E-state index contributed by atoms with van der Waals surface area (Å²) in [6, 6.07) is 0. The molecule has 0 bridgehead atoms. The van der Waals surface area contributed by atoms with E-state index in [9.17, 15) is 44.6 Å². The third-order valence-electron chi connectivity index (χ3n) is 3.77. The maximum atomic E-state index is 13.9. The van der Waals surface area contributed by atoms with Gasteiger partial charge >= 0.3 is 18.3 Å². The number of aliphatic hydroxyl groups excluding tert-OH is 1. The lowest BCUT2D eigenvalue weighted by atomic mass is 10.1. The molecule has 0 aromatic carbocycles. The van der Waals surface area contributed by atoms with Crippen molar-refractivity contribution in [3.05, 3.63) is 17.0 Å². The van der Waals surface area contributed by atoms with E-state index in [4.69, 9.17) is 0 Å². The molecule has 0 saturated heterocycles. The molecular formula is C12H11F9N2O2. The molecule has 1 aliphatic carbocycles. The molecule has 4 nitrogen and oxygen atoms in total. The molecule has 0 amide bonds. The van der Waals surface area contributed by atoms with Crippen molar-refractivity contribution in [2.75, 3.05) is 7.11 Å². The van der Waals surface area contributed by atoms with E-state index in [0.29, 0.717) is 7.11 Å². The fourth-order valence-electron chi connectivity index (χ4n) is 2.57. The molecular weight excluding hydrogens is 375 g/mol. The zero-order valence-electron chi connectivity index (χ0n) is 12.3. The van der Waals surface area contributed by atoms with E-state index in [1.54, 1.807) is 0 Å². The van der Waals surface area contributed by atoms with Crippen LogP contribution < -0.4 is 0 Å². The van der Waals surface area contributed by atoms with Crippen molar-refractivity contribution in [2.24, 2.45) is 0 Å². The topological polar surface area (TPSA) is 47.3 Å². The van der Waals surface area contributed by atoms with Crippen molar-refractivity contribution in [1.82, 2.24) is 9.78 Å². The first-order valence-corrected chi connectivity index (χ1v) is 6.70. The third-order valence-corrected chi connectivity index (χ3v) is 3.77. The Morgan fingerprint density at radius 1 is 1.24 bits per heavy atom. The van der Waals surface area contributed by atoms with Crippen LogP contribution in [0.2, 0.25) is 0 Å². The normalized spacial score (nSPS) is 24.4. The quantitative estimate of drug-likeness (QED) is 0.806. The van der Waals surface area contributed by atoms with Gasteiger partial charge in [0.1, 0.15) is 6.10 Å². The van der Waals surface area contributed by atoms with Crippen LogP contribution in [-0.4, -0.2) is 40.2 Å². The van der Waals surface area contributed by atoms with Crippen LogP contribution >= 0.6 is 0 Å². The molecule has 1 aliphatic rings. The Labute approximate surface area is 134 Å². The molecule has 1 aromatic heterocycles. The summed E-state index contributed by atoms with van der Waals surface area (Å²) in [5.41, 5.74) is -4.72. The highest BCUT2D eigenvalue weighted by molar-refractivity contribution is 5.40. The molecule has 1 N–H and O–H groups in total. The second-order valence-corrected chi connectivity index (χ2v) is 5.36. The van der Waals surface area contributed by atoms with Gasteiger partial charge in [-0.15, -0.1) is 0 Å². The predicted octanol–water partition coefficient (Wildman–Crippen LogP) is 3.56. The Morgan fingerprint density at radius 3 is 2.24 bits per heavy atom. The zero-order chi connectivity index (χ0) is 19.4. The SMILES string of the molecule is CO[C@H](CCn1nc(C(F)(F)F)c2c1[C@H](F)C(F)(F)[C@H]2O)C(F)(F)F. The summed E-state index contributed by atoms with van der Waals surface area (Å²) in [5, 5.41) is 12.2. The van der Waals surface area contributed by atoms with Crippen molar-refractivity contribution >= 4 is 0 Å². The smallest absolute Gasteiger partial charge is 0.382 e. The maximum Gasteiger partial charge on any atom is 0.435 e. The number of aromatic nitrogens is 2. The van der Waals surface area contributed by atoms with Gasteiger partial charge in [-0.3, -0.25) is 4.68 Å². The van der Waals surface area contributed by atoms with Crippen LogP contribution in [0.15, 0.2) is 0 Å². The number of rotatable bonds is 4. The molecule has 0 spiro atoms. The molecule has 1 aromatic rings. The largest absolute Gasteiger partial charge is 0.435 e. The highest BCUT2D eigenvalue weighted by atomic mass is 19.4. The molecule has 0 radical (unpaired) electrons. The highest BCUT2D eigenvalue weighted by Crippen LogP contribution is 2.55. The van der Waals surface area contributed by atoms with Gasteiger partial charge in [0.25, 0.3) is 0 Å². The third kappa shape index (κ3) is 3.30. The lowest BCUT2D eigenvalue weighted by Crippen LogP contribution is -2.32. The van der Waals surface area contributed by atoms with Gasteiger partial charge in [0.2, 0.25) is 6.17 Å². The lowest BCUT2D eigenvalue weighted by Gasteiger charge is -2.20. The zero-order valence-corrected chi connectivity index (χ0v) is 12.3. The van der Waals surface area contributed by atoms with Crippen LogP contribution in [0.4, 0.5) is 39.5 Å². The molecule has 2 rings (SSSR count). The Kier molecular flexibility index (Phi) is 4.79. The van der Waals surface area contributed by atoms with Gasteiger partial charge in [-0.05, 0) is 0 Å². The number of halogens is 9. The molecule has 13 heteroatoms. The lowest BCUT2D eigenvalue weighted by molar-refractivity contribution is -0.215. The van der Waals surface area contributed by atoms with E-state index in [1.807, 2.05) is 0 Å². The number of hydrogen-bond acceptors (Lipinski definition) is 3. The van der Waals surface area contributed by atoms with E-state index in [1.165, 1.54) is 0 Å². The minimum Gasteiger partial charge on any atom is -0.382 e. The average molecular weight is 386 g/mol. The van der Waals surface area contributed by atoms with Crippen LogP contribution in [0.5, 0.6) is 0 Å². The Morgan fingerprint density at radius 2 is 1.80 bits per heavy atom. The Bertz CT molecular complexity index is 638. The summed E-state index contributed by atoms with van der Waals surface area (Å²) in [6.07, 6.45) is -20.0. The fourth-order valence-corrected chi connectivity index (χ4v) is 2.57. The summed E-state index contributed by atoms with van der Waals surface area (Å²) in [5.74, 6) is -4.56. The van der Waals surface area contributed by atoms with Crippen LogP contribution in [0.1, 0.15) is 35.6 Å². The Hall–Kier alpha value is -1.50. The van der Waals surface area contributed by atoms with E-state index >= 15 is 0 Å². The number of ether oxygens (including phenoxy) is 1.